The molecule has 0 bridgehead atoms. The Hall–Kier alpha value is -2.95. The zero-order valence-electron chi connectivity index (χ0n) is 15.0. The monoisotopic (exact) mass is 333 g/mol. The third-order valence-electron chi connectivity index (χ3n) is 3.88. The van der Waals surface area contributed by atoms with Gasteiger partial charge < -0.3 is 10.6 Å². The Labute approximate surface area is 148 Å². The smallest absolute Gasteiger partial charge is 0.249 e. The number of para-hydroxylation sites is 1. The van der Waals surface area contributed by atoms with E-state index in [9.17, 15) is 0 Å². The molecule has 0 spiro atoms. The van der Waals surface area contributed by atoms with Gasteiger partial charge in [-0.25, -0.2) is 0 Å². The highest BCUT2D eigenvalue weighted by Gasteiger charge is 2.08. The standard InChI is InChI=1S/C20H23N5/c1-13(2)17-7-5-6-8-18(17)23-19-12-21-25-20(24-19)22-16-10-14(3)9-15(4)11-16/h5-13H,1-4H3,(H2,22,23,24,25). The highest BCUT2D eigenvalue weighted by molar-refractivity contribution is 5.62. The molecule has 5 nitrogen and oxygen atoms in total. The van der Waals surface area contributed by atoms with Crippen molar-refractivity contribution in [1.29, 1.82) is 0 Å². The van der Waals surface area contributed by atoms with E-state index in [-0.39, 0.29) is 0 Å². The molecule has 3 aromatic rings. The summed E-state index contributed by atoms with van der Waals surface area (Å²) in [6.07, 6.45) is 1.63. The van der Waals surface area contributed by atoms with Crippen LogP contribution in [0.15, 0.2) is 48.7 Å². The molecule has 2 N–H and O–H groups in total. The molecule has 1 aromatic heterocycles. The van der Waals surface area contributed by atoms with Crippen molar-refractivity contribution < 1.29 is 0 Å². The predicted molar refractivity (Wildman–Crippen MR) is 103 cm³/mol. The van der Waals surface area contributed by atoms with Gasteiger partial charge in [0.25, 0.3) is 0 Å². The van der Waals surface area contributed by atoms with Crippen LogP contribution in [0.4, 0.5) is 23.1 Å². The molecule has 0 atom stereocenters. The zero-order valence-corrected chi connectivity index (χ0v) is 15.0. The average Bonchev–Trinajstić information content (AvgIpc) is 2.54. The van der Waals surface area contributed by atoms with Crippen molar-refractivity contribution in [2.24, 2.45) is 0 Å². The molecule has 0 saturated carbocycles. The summed E-state index contributed by atoms with van der Waals surface area (Å²) < 4.78 is 0. The summed E-state index contributed by atoms with van der Waals surface area (Å²) in [6, 6.07) is 14.5. The minimum atomic E-state index is 0.423. The minimum absolute atomic E-state index is 0.423. The van der Waals surface area contributed by atoms with E-state index in [0.717, 1.165) is 11.4 Å². The Morgan fingerprint density at radius 1 is 0.920 bits per heavy atom. The lowest BCUT2D eigenvalue weighted by molar-refractivity contribution is 0.868. The van der Waals surface area contributed by atoms with Gasteiger partial charge in [-0.1, -0.05) is 38.1 Å². The largest absolute Gasteiger partial charge is 0.339 e. The van der Waals surface area contributed by atoms with E-state index < -0.39 is 0 Å². The third kappa shape index (κ3) is 4.32. The first kappa shape index (κ1) is 16.9. The number of hydrogen-bond acceptors (Lipinski definition) is 5. The molecule has 3 rings (SSSR count). The van der Waals surface area contributed by atoms with E-state index >= 15 is 0 Å². The van der Waals surface area contributed by atoms with Crippen LogP contribution in [0.1, 0.15) is 36.5 Å². The first-order chi connectivity index (χ1) is 12.0. The molecule has 0 unspecified atom stereocenters. The molecule has 0 aliphatic rings. The Morgan fingerprint density at radius 2 is 1.64 bits per heavy atom. The van der Waals surface area contributed by atoms with Gasteiger partial charge in [0.1, 0.15) is 0 Å². The normalized spacial score (nSPS) is 10.8. The molecule has 5 heteroatoms. The lowest BCUT2D eigenvalue weighted by atomic mass is 10.0. The molecular weight excluding hydrogens is 310 g/mol. The molecule has 0 aliphatic heterocycles. The van der Waals surface area contributed by atoms with Gasteiger partial charge in [0, 0.05) is 11.4 Å². The Morgan fingerprint density at radius 3 is 2.36 bits per heavy atom. The molecular formula is C20H23N5. The van der Waals surface area contributed by atoms with E-state index in [1.165, 1.54) is 16.7 Å². The Balaban J connectivity index is 1.82. The Kier molecular flexibility index (Phi) is 4.93. The van der Waals surface area contributed by atoms with Gasteiger partial charge >= 0.3 is 0 Å². The number of benzene rings is 2. The predicted octanol–water partition coefficient (Wildman–Crippen LogP) is 5.10. The highest BCUT2D eigenvalue weighted by atomic mass is 15.3. The fourth-order valence-electron chi connectivity index (χ4n) is 2.84. The fraction of sp³-hybridized carbons (Fsp3) is 0.250. The van der Waals surface area contributed by atoms with Crippen LogP contribution in [0.25, 0.3) is 0 Å². The molecule has 0 amide bonds. The fourth-order valence-corrected chi connectivity index (χ4v) is 2.84. The highest BCUT2D eigenvalue weighted by Crippen LogP contribution is 2.26. The van der Waals surface area contributed by atoms with Crippen LogP contribution in [0.2, 0.25) is 0 Å². The summed E-state index contributed by atoms with van der Waals surface area (Å²) in [5.74, 6) is 1.55. The van der Waals surface area contributed by atoms with Crippen LogP contribution in [0.3, 0.4) is 0 Å². The maximum atomic E-state index is 4.53. The maximum Gasteiger partial charge on any atom is 0.249 e. The number of nitrogens with zero attached hydrogens (tertiary/aromatic N) is 3. The lowest BCUT2D eigenvalue weighted by Crippen LogP contribution is -2.04. The van der Waals surface area contributed by atoms with Crippen molar-refractivity contribution in [2.45, 2.75) is 33.6 Å². The molecule has 0 radical (unpaired) electrons. The second kappa shape index (κ2) is 7.30. The molecule has 25 heavy (non-hydrogen) atoms. The van der Waals surface area contributed by atoms with Gasteiger partial charge in [-0.3, -0.25) is 0 Å². The van der Waals surface area contributed by atoms with Crippen LogP contribution in [-0.2, 0) is 0 Å². The van der Waals surface area contributed by atoms with E-state index in [2.05, 4.69) is 83.8 Å². The lowest BCUT2D eigenvalue weighted by Gasteiger charge is -2.14. The van der Waals surface area contributed by atoms with Gasteiger partial charge in [-0.2, -0.15) is 10.1 Å². The number of nitrogens with one attached hydrogen (secondary N) is 2. The van der Waals surface area contributed by atoms with Crippen molar-refractivity contribution in [3.63, 3.8) is 0 Å². The number of aromatic nitrogens is 3. The molecule has 1 heterocycles. The van der Waals surface area contributed by atoms with E-state index in [1.807, 2.05) is 12.1 Å². The first-order valence-corrected chi connectivity index (χ1v) is 8.42. The van der Waals surface area contributed by atoms with Crippen LogP contribution in [0.5, 0.6) is 0 Å². The van der Waals surface area contributed by atoms with Crippen molar-refractivity contribution >= 4 is 23.1 Å². The second-order valence-electron chi connectivity index (χ2n) is 6.53. The zero-order chi connectivity index (χ0) is 17.8. The summed E-state index contributed by atoms with van der Waals surface area (Å²) in [4.78, 5) is 4.53. The number of rotatable bonds is 5. The van der Waals surface area contributed by atoms with Gasteiger partial charge in [-0.15, -0.1) is 5.10 Å². The van der Waals surface area contributed by atoms with E-state index in [4.69, 9.17) is 0 Å². The summed E-state index contributed by atoms with van der Waals surface area (Å²) in [7, 11) is 0. The topological polar surface area (TPSA) is 62.7 Å². The number of hydrogen-bond donors (Lipinski definition) is 2. The summed E-state index contributed by atoms with van der Waals surface area (Å²) in [5.41, 5.74) is 5.62. The molecule has 0 fully saturated rings. The number of aryl methyl sites for hydroxylation is 2. The van der Waals surface area contributed by atoms with Crippen LogP contribution >= 0.6 is 0 Å². The van der Waals surface area contributed by atoms with Gasteiger partial charge in [-0.05, 0) is 54.7 Å². The van der Waals surface area contributed by atoms with Crippen molar-refractivity contribution in [3.05, 3.63) is 65.4 Å². The van der Waals surface area contributed by atoms with Crippen molar-refractivity contribution in [1.82, 2.24) is 15.2 Å². The van der Waals surface area contributed by atoms with E-state index in [0.29, 0.717) is 17.7 Å². The molecule has 2 aromatic carbocycles. The molecule has 0 aliphatic carbocycles. The quantitative estimate of drug-likeness (QED) is 0.680. The van der Waals surface area contributed by atoms with E-state index in [1.54, 1.807) is 6.20 Å². The summed E-state index contributed by atoms with van der Waals surface area (Å²) in [5, 5.41) is 14.7. The van der Waals surface area contributed by atoms with Crippen LogP contribution in [0, 0.1) is 13.8 Å². The SMILES string of the molecule is Cc1cc(C)cc(Nc2nncc(Nc3ccccc3C(C)C)n2)c1. The first-order valence-electron chi connectivity index (χ1n) is 8.42. The van der Waals surface area contributed by atoms with Crippen molar-refractivity contribution in [2.75, 3.05) is 10.6 Å². The Bertz CT molecular complexity index is 853. The van der Waals surface area contributed by atoms with Gasteiger partial charge in [0.15, 0.2) is 5.82 Å². The van der Waals surface area contributed by atoms with Gasteiger partial charge in [0.2, 0.25) is 5.95 Å². The van der Waals surface area contributed by atoms with Crippen LogP contribution in [-0.4, -0.2) is 15.2 Å². The molecule has 0 saturated heterocycles. The number of anilines is 4. The van der Waals surface area contributed by atoms with Crippen molar-refractivity contribution in [3.8, 4) is 0 Å². The summed E-state index contributed by atoms with van der Waals surface area (Å²) >= 11 is 0. The molecule has 128 valence electrons. The van der Waals surface area contributed by atoms with Crippen LogP contribution < -0.4 is 10.6 Å². The average molecular weight is 333 g/mol. The summed E-state index contributed by atoms with van der Waals surface area (Å²) in [6.45, 7) is 8.48. The maximum absolute atomic E-state index is 4.53. The van der Waals surface area contributed by atoms with Gasteiger partial charge in [0.05, 0.1) is 6.20 Å². The third-order valence-corrected chi connectivity index (χ3v) is 3.88. The minimum Gasteiger partial charge on any atom is -0.339 e. The second-order valence-corrected chi connectivity index (χ2v) is 6.53.